The smallest absolute Gasteiger partial charge is 0.347 e. The summed E-state index contributed by atoms with van der Waals surface area (Å²) in [7, 11) is 0. The first-order valence-electron chi connectivity index (χ1n) is 7.95. The minimum Gasteiger partial charge on any atom is -0.479 e. The SMILES string of the molecule is CC(Oc1ccc(Br)cc1)C(=O)OCC(=O)N1CCc2sccc2C1. The number of halogens is 1. The van der Waals surface area contributed by atoms with Gasteiger partial charge in [0.05, 0.1) is 0 Å². The second-order valence-corrected chi connectivity index (χ2v) is 7.67. The molecule has 1 aromatic heterocycles. The quantitative estimate of drug-likeness (QED) is 0.691. The first-order valence-corrected chi connectivity index (χ1v) is 9.62. The molecule has 0 saturated carbocycles. The van der Waals surface area contributed by atoms with Crippen LogP contribution in [0, 0.1) is 0 Å². The second kappa shape index (κ2) is 8.01. The molecule has 0 bridgehead atoms. The van der Waals surface area contributed by atoms with Gasteiger partial charge < -0.3 is 14.4 Å². The van der Waals surface area contributed by atoms with Gasteiger partial charge in [0.25, 0.3) is 5.91 Å². The van der Waals surface area contributed by atoms with E-state index in [4.69, 9.17) is 9.47 Å². The third-order valence-electron chi connectivity index (χ3n) is 3.96. The highest BCUT2D eigenvalue weighted by atomic mass is 79.9. The lowest BCUT2D eigenvalue weighted by atomic mass is 10.1. The maximum Gasteiger partial charge on any atom is 0.347 e. The number of benzene rings is 1. The van der Waals surface area contributed by atoms with Gasteiger partial charge in [0, 0.05) is 22.4 Å². The third-order valence-corrected chi connectivity index (χ3v) is 5.51. The van der Waals surface area contributed by atoms with Crippen LogP contribution in [0.2, 0.25) is 0 Å². The summed E-state index contributed by atoms with van der Waals surface area (Å²) >= 11 is 5.06. The topological polar surface area (TPSA) is 55.8 Å². The molecule has 1 atom stereocenters. The highest BCUT2D eigenvalue weighted by Crippen LogP contribution is 2.24. The van der Waals surface area contributed by atoms with Crippen molar-refractivity contribution in [2.75, 3.05) is 13.2 Å². The number of thiophene rings is 1. The molecular weight excluding hydrogens is 406 g/mol. The second-order valence-electron chi connectivity index (χ2n) is 5.76. The van der Waals surface area contributed by atoms with Gasteiger partial charge in [0.15, 0.2) is 12.7 Å². The number of nitrogens with zero attached hydrogens (tertiary/aromatic N) is 1. The predicted molar refractivity (Wildman–Crippen MR) is 98.6 cm³/mol. The molecule has 0 aliphatic carbocycles. The Hall–Kier alpha value is -1.86. The van der Waals surface area contributed by atoms with E-state index in [2.05, 4.69) is 15.9 Å². The standard InChI is InChI=1S/C18H18BrNO4S/c1-12(24-15-4-2-14(19)3-5-15)18(22)23-11-17(21)20-8-6-16-13(10-20)7-9-25-16/h2-5,7,9,12H,6,8,10-11H2,1H3. The van der Waals surface area contributed by atoms with Gasteiger partial charge in [0.2, 0.25) is 0 Å². The fraction of sp³-hybridized carbons (Fsp3) is 0.333. The molecule has 1 aliphatic rings. The zero-order chi connectivity index (χ0) is 17.8. The van der Waals surface area contributed by atoms with Gasteiger partial charge in [-0.25, -0.2) is 4.79 Å². The molecule has 0 N–H and O–H groups in total. The van der Waals surface area contributed by atoms with E-state index >= 15 is 0 Å². The van der Waals surface area contributed by atoms with Crippen molar-refractivity contribution in [2.45, 2.75) is 26.0 Å². The lowest BCUT2D eigenvalue weighted by molar-refractivity contribution is -0.157. The Balaban J connectivity index is 1.46. The molecule has 7 heteroatoms. The minimum atomic E-state index is -0.779. The van der Waals surface area contributed by atoms with Crippen molar-refractivity contribution in [3.63, 3.8) is 0 Å². The largest absolute Gasteiger partial charge is 0.479 e. The van der Waals surface area contributed by atoms with Crippen LogP contribution in [0.25, 0.3) is 0 Å². The van der Waals surface area contributed by atoms with E-state index in [1.54, 1.807) is 35.3 Å². The first kappa shape index (κ1) is 17.9. The summed E-state index contributed by atoms with van der Waals surface area (Å²) in [5, 5.41) is 2.04. The third kappa shape index (κ3) is 4.61. The lowest BCUT2D eigenvalue weighted by Crippen LogP contribution is -2.39. The molecular formula is C18H18BrNO4S. The number of hydrogen-bond acceptors (Lipinski definition) is 5. The van der Waals surface area contributed by atoms with Crippen molar-refractivity contribution >= 4 is 39.1 Å². The highest BCUT2D eigenvalue weighted by Gasteiger charge is 2.24. The van der Waals surface area contributed by atoms with Crippen LogP contribution < -0.4 is 4.74 Å². The van der Waals surface area contributed by atoms with Crippen LogP contribution in [-0.4, -0.2) is 36.0 Å². The van der Waals surface area contributed by atoms with Gasteiger partial charge in [-0.15, -0.1) is 11.3 Å². The van der Waals surface area contributed by atoms with Crippen LogP contribution in [0.5, 0.6) is 5.75 Å². The number of rotatable bonds is 5. The van der Waals surface area contributed by atoms with E-state index < -0.39 is 12.1 Å². The molecule has 132 valence electrons. The van der Waals surface area contributed by atoms with Crippen molar-refractivity contribution in [3.8, 4) is 5.75 Å². The molecule has 3 rings (SSSR count). The molecule has 0 spiro atoms. The maximum absolute atomic E-state index is 12.3. The number of carbonyl (C=O) groups excluding carboxylic acids is 2. The van der Waals surface area contributed by atoms with Crippen LogP contribution in [0.4, 0.5) is 0 Å². The Morgan fingerprint density at radius 1 is 1.28 bits per heavy atom. The van der Waals surface area contributed by atoms with Crippen LogP contribution >= 0.6 is 27.3 Å². The zero-order valence-corrected chi connectivity index (χ0v) is 16.1. The first-order chi connectivity index (χ1) is 12.0. The number of ether oxygens (including phenoxy) is 2. The van der Waals surface area contributed by atoms with E-state index in [0.717, 1.165) is 10.9 Å². The van der Waals surface area contributed by atoms with Gasteiger partial charge in [-0.1, -0.05) is 15.9 Å². The van der Waals surface area contributed by atoms with Crippen molar-refractivity contribution in [1.29, 1.82) is 0 Å². The fourth-order valence-corrected chi connectivity index (χ4v) is 3.72. The summed E-state index contributed by atoms with van der Waals surface area (Å²) in [4.78, 5) is 27.3. The number of esters is 1. The average molecular weight is 424 g/mol. The molecule has 0 fully saturated rings. The van der Waals surface area contributed by atoms with Crippen LogP contribution in [0.1, 0.15) is 17.4 Å². The summed E-state index contributed by atoms with van der Waals surface area (Å²) in [5.41, 5.74) is 1.18. The minimum absolute atomic E-state index is 0.180. The van der Waals surface area contributed by atoms with E-state index in [0.29, 0.717) is 18.8 Å². The molecule has 5 nitrogen and oxygen atoms in total. The number of carbonyl (C=O) groups is 2. The predicted octanol–water partition coefficient (Wildman–Crippen LogP) is 3.41. The van der Waals surface area contributed by atoms with E-state index in [-0.39, 0.29) is 12.5 Å². The summed E-state index contributed by atoms with van der Waals surface area (Å²) < 4.78 is 11.6. The molecule has 2 aromatic rings. The van der Waals surface area contributed by atoms with Crippen LogP contribution in [-0.2, 0) is 27.3 Å². The van der Waals surface area contributed by atoms with E-state index in [1.807, 2.05) is 23.6 Å². The molecule has 1 aliphatic heterocycles. The number of amides is 1. The Bertz CT molecular complexity index is 759. The van der Waals surface area contributed by atoms with Gasteiger partial charge in [-0.3, -0.25) is 4.79 Å². The molecule has 0 saturated heterocycles. The molecule has 0 radical (unpaired) electrons. The lowest BCUT2D eigenvalue weighted by Gasteiger charge is -2.27. The Labute approximate surface area is 158 Å². The van der Waals surface area contributed by atoms with Crippen molar-refractivity contribution < 1.29 is 19.1 Å². The molecule has 25 heavy (non-hydrogen) atoms. The van der Waals surface area contributed by atoms with Crippen molar-refractivity contribution in [2.24, 2.45) is 0 Å². The summed E-state index contributed by atoms with van der Waals surface area (Å²) in [6.07, 6.45) is 0.0780. The van der Waals surface area contributed by atoms with E-state index in [1.165, 1.54) is 10.4 Å². The summed E-state index contributed by atoms with van der Waals surface area (Å²) in [6, 6.07) is 9.20. The summed E-state index contributed by atoms with van der Waals surface area (Å²) in [6.45, 7) is 2.59. The Kier molecular flexibility index (Phi) is 5.75. The molecule has 1 aromatic carbocycles. The number of fused-ring (bicyclic) bond motifs is 1. The highest BCUT2D eigenvalue weighted by molar-refractivity contribution is 9.10. The number of hydrogen-bond donors (Lipinski definition) is 0. The van der Waals surface area contributed by atoms with Crippen LogP contribution in [0.3, 0.4) is 0 Å². The van der Waals surface area contributed by atoms with Gasteiger partial charge in [-0.2, -0.15) is 0 Å². The summed E-state index contributed by atoms with van der Waals surface area (Å²) in [5.74, 6) is -0.162. The fourth-order valence-electron chi connectivity index (χ4n) is 2.57. The Morgan fingerprint density at radius 2 is 2.04 bits per heavy atom. The maximum atomic E-state index is 12.3. The normalized spacial score (nSPS) is 14.6. The van der Waals surface area contributed by atoms with Gasteiger partial charge >= 0.3 is 5.97 Å². The van der Waals surface area contributed by atoms with E-state index in [9.17, 15) is 9.59 Å². The van der Waals surface area contributed by atoms with Crippen molar-refractivity contribution in [3.05, 3.63) is 50.6 Å². The zero-order valence-electron chi connectivity index (χ0n) is 13.7. The molecule has 1 amide bonds. The van der Waals surface area contributed by atoms with Crippen LogP contribution in [0.15, 0.2) is 40.2 Å². The van der Waals surface area contributed by atoms with Crippen molar-refractivity contribution in [1.82, 2.24) is 4.90 Å². The average Bonchev–Trinajstić information content (AvgIpc) is 3.08. The molecule has 2 heterocycles. The van der Waals surface area contributed by atoms with Gasteiger partial charge in [0.1, 0.15) is 5.75 Å². The monoisotopic (exact) mass is 423 g/mol. The Morgan fingerprint density at radius 3 is 2.80 bits per heavy atom. The molecule has 1 unspecified atom stereocenters. The van der Waals surface area contributed by atoms with Gasteiger partial charge in [-0.05, 0) is 54.6 Å².